The third kappa shape index (κ3) is 2.63. The number of nitrogens with one attached hydrogen (secondary N) is 1. The fraction of sp³-hybridized carbons (Fsp3) is 0.118. The van der Waals surface area contributed by atoms with Gasteiger partial charge in [0.1, 0.15) is 11.9 Å². The third-order valence-electron chi connectivity index (χ3n) is 3.98. The molecule has 0 aliphatic heterocycles. The predicted molar refractivity (Wildman–Crippen MR) is 93.1 cm³/mol. The average molecular weight is 334 g/mol. The van der Waals surface area contributed by atoms with Crippen LogP contribution in [0.5, 0.6) is 0 Å². The highest BCUT2D eigenvalue weighted by atomic mass is 16.2. The minimum Gasteiger partial charge on any atom is -0.324 e. The number of rotatable bonds is 3. The molecule has 0 fully saturated rings. The molecule has 8 nitrogen and oxygen atoms in total. The lowest BCUT2D eigenvalue weighted by atomic mass is 10.1. The Labute approximate surface area is 141 Å². The molecule has 25 heavy (non-hydrogen) atoms. The van der Waals surface area contributed by atoms with Crippen LogP contribution in [0.25, 0.3) is 21.8 Å². The van der Waals surface area contributed by atoms with Crippen molar-refractivity contribution < 1.29 is 4.79 Å². The summed E-state index contributed by atoms with van der Waals surface area (Å²) in [5, 5.41) is 16.8. The molecule has 0 spiro atoms. The molecule has 4 rings (SSSR count). The summed E-state index contributed by atoms with van der Waals surface area (Å²) >= 11 is 0. The molecule has 1 amide bonds. The summed E-state index contributed by atoms with van der Waals surface area (Å²) in [5.41, 5.74) is 0.674. The first-order chi connectivity index (χ1) is 12.1. The van der Waals surface area contributed by atoms with Gasteiger partial charge in [0.05, 0.1) is 6.20 Å². The van der Waals surface area contributed by atoms with Crippen LogP contribution in [0.3, 0.4) is 0 Å². The second kappa shape index (κ2) is 5.82. The van der Waals surface area contributed by atoms with Crippen molar-refractivity contribution in [1.29, 1.82) is 0 Å². The molecule has 0 bridgehead atoms. The van der Waals surface area contributed by atoms with Crippen LogP contribution in [0.15, 0.2) is 53.5 Å². The van der Waals surface area contributed by atoms with E-state index in [4.69, 9.17) is 0 Å². The van der Waals surface area contributed by atoms with E-state index in [0.717, 1.165) is 15.5 Å². The minimum absolute atomic E-state index is 0.222. The summed E-state index contributed by atoms with van der Waals surface area (Å²) in [6.07, 6.45) is 1.42. The number of aryl methyl sites for hydroxylation is 1. The van der Waals surface area contributed by atoms with Crippen molar-refractivity contribution in [2.75, 3.05) is 5.32 Å². The van der Waals surface area contributed by atoms with Gasteiger partial charge >= 0.3 is 0 Å². The molecule has 0 saturated carbocycles. The van der Waals surface area contributed by atoms with Crippen molar-refractivity contribution >= 4 is 33.4 Å². The van der Waals surface area contributed by atoms with Crippen LogP contribution in [0.2, 0.25) is 0 Å². The van der Waals surface area contributed by atoms with E-state index in [-0.39, 0.29) is 12.5 Å². The average Bonchev–Trinajstić information content (AvgIpc) is 2.99. The van der Waals surface area contributed by atoms with Gasteiger partial charge in [-0.05, 0) is 11.5 Å². The molecule has 0 aliphatic carbocycles. The van der Waals surface area contributed by atoms with Crippen molar-refractivity contribution in [3.8, 4) is 0 Å². The van der Waals surface area contributed by atoms with Crippen molar-refractivity contribution in [3.05, 3.63) is 59.0 Å². The van der Waals surface area contributed by atoms with E-state index in [2.05, 4.69) is 20.7 Å². The van der Waals surface area contributed by atoms with E-state index >= 15 is 0 Å². The first-order valence-electron chi connectivity index (χ1n) is 7.66. The van der Waals surface area contributed by atoms with E-state index in [1.54, 1.807) is 7.05 Å². The van der Waals surface area contributed by atoms with Gasteiger partial charge in [0.15, 0.2) is 5.65 Å². The zero-order valence-corrected chi connectivity index (χ0v) is 13.4. The van der Waals surface area contributed by atoms with Gasteiger partial charge < -0.3 is 5.32 Å². The van der Waals surface area contributed by atoms with E-state index in [1.165, 1.54) is 10.9 Å². The number of amides is 1. The number of nitrogens with zero attached hydrogens (tertiary/aromatic N) is 5. The van der Waals surface area contributed by atoms with Crippen LogP contribution in [-0.4, -0.2) is 30.7 Å². The molecule has 2 aromatic carbocycles. The lowest BCUT2D eigenvalue weighted by Crippen LogP contribution is -2.30. The van der Waals surface area contributed by atoms with Crippen molar-refractivity contribution in [3.63, 3.8) is 0 Å². The van der Waals surface area contributed by atoms with Crippen LogP contribution < -0.4 is 10.9 Å². The molecular weight excluding hydrogens is 320 g/mol. The zero-order valence-electron chi connectivity index (χ0n) is 13.4. The minimum atomic E-state index is -0.397. The molecule has 0 unspecified atom stereocenters. The quantitative estimate of drug-likeness (QED) is 0.610. The summed E-state index contributed by atoms with van der Waals surface area (Å²) in [6, 6.07) is 13.4. The van der Waals surface area contributed by atoms with E-state index in [0.29, 0.717) is 16.7 Å². The molecule has 0 aliphatic rings. The van der Waals surface area contributed by atoms with E-state index in [1.807, 2.05) is 42.5 Å². The lowest BCUT2D eigenvalue weighted by molar-refractivity contribution is -0.117. The van der Waals surface area contributed by atoms with Crippen LogP contribution in [0, 0.1) is 0 Å². The second-order valence-corrected chi connectivity index (χ2v) is 5.63. The fourth-order valence-electron chi connectivity index (χ4n) is 2.74. The number of fused-ring (bicyclic) bond motifs is 2. The molecule has 2 aromatic heterocycles. The molecule has 1 N–H and O–H groups in total. The number of carbonyl (C=O) groups is 1. The Morgan fingerprint density at radius 3 is 2.80 bits per heavy atom. The largest absolute Gasteiger partial charge is 0.324 e. The van der Waals surface area contributed by atoms with Crippen LogP contribution >= 0.6 is 0 Å². The van der Waals surface area contributed by atoms with E-state index in [9.17, 15) is 9.59 Å². The molecular formula is C17H14N6O2. The number of hydrogen-bond donors (Lipinski definition) is 1. The standard InChI is InChI=1S/C17H14N6O2/c1-22-16-13(9-18-22)17(25)23(21-20-16)10-15(24)19-14-8-4-6-11-5-2-3-7-12(11)14/h2-9H,10H2,1H3,(H,19,24). The Bertz CT molecular complexity index is 1160. The number of hydrogen-bond acceptors (Lipinski definition) is 5. The molecule has 4 aromatic rings. The van der Waals surface area contributed by atoms with Crippen LogP contribution in [0.1, 0.15) is 0 Å². The van der Waals surface area contributed by atoms with Gasteiger partial charge in [-0.3, -0.25) is 9.59 Å². The molecule has 0 radical (unpaired) electrons. The highest BCUT2D eigenvalue weighted by Crippen LogP contribution is 2.22. The van der Waals surface area contributed by atoms with Gasteiger partial charge in [0.2, 0.25) is 5.91 Å². The maximum Gasteiger partial charge on any atom is 0.281 e. The lowest BCUT2D eigenvalue weighted by Gasteiger charge is -2.09. The summed E-state index contributed by atoms with van der Waals surface area (Å²) < 4.78 is 2.49. The van der Waals surface area contributed by atoms with Gasteiger partial charge in [-0.2, -0.15) is 5.10 Å². The Kier molecular flexibility index (Phi) is 3.50. The number of carbonyl (C=O) groups excluding carboxylic acids is 1. The van der Waals surface area contributed by atoms with Gasteiger partial charge in [-0.15, -0.1) is 5.10 Å². The summed E-state index contributed by atoms with van der Waals surface area (Å²) in [7, 11) is 1.67. The highest BCUT2D eigenvalue weighted by molar-refractivity contribution is 6.02. The summed E-state index contributed by atoms with van der Waals surface area (Å²) in [4.78, 5) is 24.7. The zero-order chi connectivity index (χ0) is 17.4. The third-order valence-corrected chi connectivity index (χ3v) is 3.98. The Hall–Kier alpha value is -3.55. The van der Waals surface area contributed by atoms with Gasteiger partial charge in [-0.25, -0.2) is 9.36 Å². The van der Waals surface area contributed by atoms with E-state index < -0.39 is 5.56 Å². The molecule has 2 heterocycles. The molecule has 0 atom stereocenters. The monoisotopic (exact) mass is 334 g/mol. The van der Waals surface area contributed by atoms with Gasteiger partial charge in [0, 0.05) is 18.1 Å². The van der Waals surface area contributed by atoms with Crippen LogP contribution in [-0.2, 0) is 18.4 Å². The van der Waals surface area contributed by atoms with Crippen LogP contribution in [0.4, 0.5) is 5.69 Å². The van der Waals surface area contributed by atoms with Gasteiger partial charge in [0.25, 0.3) is 5.56 Å². The molecule has 0 saturated heterocycles. The summed E-state index contributed by atoms with van der Waals surface area (Å²) in [6.45, 7) is -0.222. The van der Waals surface area contributed by atoms with Crippen molar-refractivity contribution in [1.82, 2.24) is 24.8 Å². The molecule has 124 valence electrons. The SMILES string of the molecule is Cn1ncc2c(=O)n(CC(=O)Nc3cccc4ccccc34)nnc21. The Morgan fingerprint density at radius 1 is 1.12 bits per heavy atom. The predicted octanol–water partition coefficient (Wildman–Crippen LogP) is 1.32. The smallest absolute Gasteiger partial charge is 0.281 e. The fourth-order valence-corrected chi connectivity index (χ4v) is 2.74. The maximum absolute atomic E-state index is 12.4. The van der Waals surface area contributed by atoms with Gasteiger partial charge in [-0.1, -0.05) is 41.6 Å². The second-order valence-electron chi connectivity index (χ2n) is 5.63. The number of aromatic nitrogens is 5. The first-order valence-corrected chi connectivity index (χ1v) is 7.66. The van der Waals surface area contributed by atoms with Crippen molar-refractivity contribution in [2.24, 2.45) is 7.05 Å². The highest BCUT2D eigenvalue weighted by Gasteiger charge is 2.13. The topological polar surface area (TPSA) is 94.7 Å². The Morgan fingerprint density at radius 2 is 1.92 bits per heavy atom. The Balaban J connectivity index is 1.62. The van der Waals surface area contributed by atoms with Crippen molar-refractivity contribution in [2.45, 2.75) is 6.54 Å². The normalized spacial score (nSPS) is 11.1. The number of benzene rings is 2. The first kappa shape index (κ1) is 15.0. The molecule has 8 heteroatoms. The maximum atomic E-state index is 12.4. The number of anilines is 1. The summed E-state index contributed by atoms with van der Waals surface area (Å²) in [5.74, 6) is -0.351.